The summed E-state index contributed by atoms with van der Waals surface area (Å²) in [6.07, 6.45) is -4.18. The minimum Gasteiger partial charge on any atom is -0.411 e. The molecule has 0 saturated carbocycles. The van der Waals surface area contributed by atoms with Gasteiger partial charge in [0.2, 0.25) is 0 Å². The minimum absolute atomic E-state index is 0.306. The van der Waals surface area contributed by atoms with E-state index in [4.69, 9.17) is 5.21 Å². The Morgan fingerprint density at radius 2 is 2.00 bits per heavy atom. The van der Waals surface area contributed by atoms with Crippen molar-refractivity contribution in [3.63, 3.8) is 0 Å². The van der Waals surface area contributed by atoms with Crippen molar-refractivity contribution in [1.82, 2.24) is 0 Å². The Bertz CT molecular complexity index is 375. The molecule has 82 valence electrons. The van der Waals surface area contributed by atoms with Crippen LogP contribution in [0.2, 0.25) is 0 Å². The van der Waals surface area contributed by atoms with Gasteiger partial charge in [-0.2, -0.15) is 0 Å². The Balaban J connectivity index is 2.97. The van der Waals surface area contributed by atoms with Crippen LogP contribution in [0.1, 0.15) is 5.56 Å². The van der Waals surface area contributed by atoms with E-state index < -0.39 is 17.9 Å². The van der Waals surface area contributed by atoms with Crippen LogP contribution in [0.3, 0.4) is 0 Å². The predicted molar refractivity (Wildman–Crippen MR) is 42.5 cm³/mol. The largest absolute Gasteiger partial charge is 0.573 e. The molecular formula is C8H5F4NO2. The van der Waals surface area contributed by atoms with Crippen LogP contribution in [0, 0.1) is 5.82 Å². The molecule has 0 aliphatic heterocycles. The van der Waals surface area contributed by atoms with Crippen molar-refractivity contribution >= 4 is 6.21 Å². The van der Waals surface area contributed by atoms with E-state index in [-0.39, 0.29) is 5.56 Å². The number of oxime groups is 1. The summed E-state index contributed by atoms with van der Waals surface area (Å²) in [6, 6.07) is 2.36. The molecule has 1 aromatic carbocycles. The number of alkyl halides is 3. The lowest BCUT2D eigenvalue weighted by Crippen LogP contribution is -2.17. The first kappa shape index (κ1) is 11.3. The molecule has 3 nitrogen and oxygen atoms in total. The number of benzene rings is 1. The first-order valence-corrected chi connectivity index (χ1v) is 3.65. The molecular weight excluding hydrogens is 218 g/mol. The van der Waals surface area contributed by atoms with Crippen LogP contribution >= 0.6 is 0 Å². The fraction of sp³-hybridized carbons (Fsp3) is 0.125. The van der Waals surface area contributed by atoms with E-state index in [9.17, 15) is 17.6 Å². The van der Waals surface area contributed by atoms with E-state index in [0.717, 1.165) is 18.2 Å². The normalized spacial score (nSPS) is 12.0. The molecule has 0 amide bonds. The third-order valence-electron chi connectivity index (χ3n) is 1.40. The zero-order valence-corrected chi connectivity index (χ0v) is 7.12. The second-order valence-corrected chi connectivity index (χ2v) is 2.48. The highest BCUT2D eigenvalue weighted by Gasteiger charge is 2.31. The maximum absolute atomic E-state index is 12.9. The zero-order chi connectivity index (χ0) is 11.5. The van der Waals surface area contributed by atoms with E-state index in [1.165, 1.54) is 0 Å². The molecule has 0 atom stereocenters. The highest BCUT2D eigenvalue weighted by atomic mass is 19.4. The Kier molecular flexibility index (Phi) is 3.13. The molecule has 0 aliphatic carbocycles. The van der Waals surface area contributed by atoms with Crippen LogP contribution in [0.15, 0.2) is 23.4 Å². The molecule has 0 saturated heterocycles. The van der Waals surface area contributed by atoms with Gasteiger partial charge in [0, 0.05) is 5.56 Å². The van der Waals surface area contributed by atoms with Crippen LogP contribution in [-0.2, 0) is 0 Å². The van der Waals surface area contributed by atoms with E-state index >= 15 is 0 Å². The average Bonchev–Trinajstić information content (AvgIpc) is 2.09. The van der Waals surface area contributed by atoms with Crippen LogP contribution in [0.5, 0.6) is 5.75 Å². The van der Waals surface area contributed by atoms with Crippen molar-refractivity contribution < 1.29 is 27.5 Å². The molecule has 15 heavy (non-hydrogen) atoms. The van der Waals surface area contributed by atoms with E-state index in [2.05, 4.69) is 9.89 Å². The number of hydrogen-bond acceptors (Lipinski definition) is 3. The highest BCUT2D eigenvalue weighted by Crippen LogP contribution is 2.23. The van der Waals surface area contributed by atoms with Gasteiger partial charge < -0.3 is 9.94 Å². The third kappa shape index (κ3) is 3.45. The Morgan fingerprint density at radius 3 is 2.53 bits per heavy atom. The molecule has 1 N–H and O–H groups in total. The number of nitrogens with zero attached hydrogens (tertiary/aromatic N) is 1. The van der Waals surface area contributed by atoms with Crippen LogP contribution in [0.25, 0.3) is 0 Å². The molecule has 1 aromatic rings. The maximum Gasteiger partial charge on any atom is 0.573 e. The summed E-state index contributed by atoms with van der Waals surface area (Å²) in [5.41, 5.74) is -0.306. The standard InChI is InChI=1S/C8H5F4NO2/c9-7-2-1-6(15-8(10,11)12)3-5(7)4-13-14/h1-4,14H. The van der Waals surface area contributed by atoms with Crippen molar-refractivity contribution in [3.05, 3.63) is 29.6 Å². The van der Waals surface area contributed by atoms with Gasteiger partial charge in [-0.15, -0.1) is 13.2 Å². The van der Waals surface area contributed by atoms with Crippen LogP contribution in [-0.4, -0.2) is 17.8 Å². The van der Waals surface area contributed by atoms with Gasteiger partial charge >= 0.3 is 6.36 Å². The van der Waals surface area contributed by atoms with Crippen molar-refractivity contribution in [1.29, 1.82) is 0 Å². The van der Waals surface area contributed by atoms with E-state index in [1.54, 1.807) is 0 Å². The molecule has 1 rings (SSSR count). The monoisotopic (exact) mass is 223 g/mol. The first-order chi connectivity index (χ1) is 6.92. The second-order valence-electron chi connectivity index (χ2n) is 2.48. The number of rotatable bonds is 2. The molecule has 0 fully saturated rings. The molecule has 0 unspecified atom stereocenters. The average molecular weight is 223 g/mol. The van der Waals surface area contributed by atoms with Crippen molar-refractivity contribution in [2.24, 2.45) is 5.16 Å². The first-order valence-electron chi connectivity index (χ1n) is 3.65. The SMILES string of the molecule is ON=Cc1cc(OC(F)(F)F)ccc1F. The summed E-state index contributed by atoms with van der Waals surface area (Å²) in [5.74, 6) is -1.40. The highest BCUT2D eigenvalue weighted by molar-refractivity contribution is 5.80. The number of hydrogen-bond donors (Lipinski definition) is 1. The molecule has 0 aliphatic rings. The number of ether oxygens (including phenoxy) is 1. The minimum atomic E-state index is -4.84. The lowest BCUT2D eigenvalue weighted by molar-refractivity contribution is -0.274. The van der Waals surface area contributed by atoms with Gasteiger partial charge in [-0.25, -0.2) is 4.39 Å². The van der Waals surface area contributed by atoms with Gasteiger partial charge in [-0.1, -0.05) is 5.16 Å². The summed E-state index contributed by atoms with van der Waals surface area (Å²) in [7, 11) is 0. The molecule has 0 bridgehead atoms. The van der Waals surface area contributed by atoms with Gasteiger partial charge in [0.05, 0.1) is 6.21 Å². The summed E-state index contributed by atoms with van der Waals surface area (Å²) in [5, 5.41) is 10.6. The van der Waals surface area contributed by atoms with Crippen LogP contribution in [0.4, 0.5) is 17.6 Å². The number of halogens is 4. The summed E-state index contributed by atoms with van der Waals surface area (Å²) >= 11 is 0. The van der Waals surface area contributed by atoms with Gasteiger partial charge in [0.25, 0.3) is 0 Å². The summed E-state index contributed by atoms with van der Waals surface area (Å²) in [6.45, 7) is 0. The zero-order valence-electron chi connectivity index (χ0n) is 7.12. The Morgan fingerprint density at radius 1 is 1.33 bits per heavy atom. The van der Waals surface area contributed by atoms with Crippen LogP contribution < -0.4 is 4.74 Å². The smallest absolute Gasteiger partial charge is 0.411 e. The molecule has 0 aromatic heterocycles. The third-order valence-corrected chi connectivity index (χ3v) is 1.40. The van der Waals surface area contributed by atoms with E-state index in [0.29, 0.717) is 6.21 Å². The fourth-order valence-electron chi connectivity index (χ4n) is 0.880. The Labute approximate surface area is 81.6 Å². The van der Waals surface area contributed by atoms with Gasteiger partial charge in [-0.05, 0) is 18.2 Å². The van der Waals surface area contributed by atoms with Gasteiger partial charge in [0.15, 0.2) is 0 Å². The Hall–Kier alpha value is -1.79. The second kappa shape index (κ2) is 4.16. The summed E-state index contributed by atoms with van der Waals surface area (Å²) in [4.78, 5) is 0. The summed E-state index contributed by atoms with van der Waals surface area (Å²) < 4.78 is 51.7. The van der Waals surface area contributed by atoms with Gasteiger partial charge in [0.1, 0.15) is 11.6 Å². The van der Waals surface area contributed by atoms with Crippen molar-refractivity contribution in [2.45, 2.75) is 6.36 Å². The predicted octanol–water partition coefficient (Wildman–Crippen LogP) is 2.53. The van der Waals surface area contributed by atoms with Gasteiger partial charge in [-0.3, -0.25) is 0 Å². The fourth-order valence-corrected chi connectivity index (χ4v) is 0.880. The molecule has 0 heterocycles. The molecule has 7 heteroatoms. The lowest BCUT2D eigenvalue weighted by atomic mass is 10.2. The quantitative estimate of drug-likeness (QED) is 0.362. The van der Waals surface area contributed by atoms with Crippen molar-refractivity contribution in [3.8, 4) is 5.75 Å². The van der Waals surface area contributed by atoms with E-state index in [1.807, 2.05) is 0 Å². The topological polar surface area (TPSA) is 41.8 Å². The lowest BCUT2D eigenvalue weighted by Gasteiger charge is -2.09. The molecule has 0 spiro atoms. The molecule has 0 radical (unpaired) electrons. The van der Waals surface area contributed by atoms with Crippen molar-refractivity contribution in [2.75, 3.05) is 0 Å². The maximum atomic E-state index is 12.9.